The first-order chi connectivity index (χ1) is 10.5. The lowest BCUT2D eigenvalue weighted by molar-refractivity contribution is -0.384. The number of nitrogens with two attached hydrogens (primary N) is 1. The van der Waals surface area contributed by atoms with E-state index in [9.17, 15) is 14.9 Å². The number of carbonyl (C=O) groups is 1. The number of rotatable bonds is 5. The monoisotopic (exact) mass is 300 g/mol. The average Bonchev–Trinajstić information content (AvgIpc) is 2.48. The minimum Gasteiger partial charge on any atom is -0.457 e. The van der Waals surface area contributed by atoms with Crippen LogP contribution in [0.5, 0.6) is 11.5 Å². The van der Waals surface area contributed by atoms with Crippen molar-refractivity contribution in [3.8, 4) is 11.5 Å². The summed E-state index contributed by atoms with van der Waals surface area (Å²) in [7, 11) is 0. The van der Waals surface area contributed by atoms with Gasteiger partial charge in [-0.2, -0.15) is 5.10 Å². The fraction of sp³-hybridized carbons (Fsp3) is 0. The summed E-state index contributed by atoms with van der Waals surface area (Å²) in [5.74, 6) is 0.992. The predicted molar refractivity (Wildman–Crippen MR) is 79.9 cm³/mol. The summed E-state index contributed by atoms with van der Waals surface area (Å²) in [5, 5.41) is 14.2. The molecule has 112 valence electrons. The van der Waals surface area contributed by atoms with Gasteiger partial charge in [0.15, 0.2) is 0 Å². The van der Waals surface area contributed by atoms with Gasteiger partial charge in [0.1, 0.15) is 11.5 Å². The lowest BCUT2D eigenvalue weighted by Crippen LogP contribution is -2.24. The molecule has 0 radical (unpaired) electrons. The maximum Gasteiger partial charge on any atom is 0.332 e. The third-order valence-electron chi connectivity index (χ3n) is 2.53. The Hall–Kier alpha value is -3.42. The first-order valence-electron chi connectivity index (χ1n) is 6.15. The fourth-order valence-corrected chi connectivity index (χ4v) is 1.60. The van der Waals surface area contributed by atoms with Crippen LogP contribution in [-0.2, 0) is 0 Å². The number of carbonyl (C=O) groups excluding carboxylic acids is 1. The number of amides is 2. The maximum atomic E-state index is 10.6. The number of ether oxygens (including phenoxy) is 1. The van der Waals surface area contributed by atoms with Crippen molar-refractivity contribution in [2.75, 3.05) is 0 Å². The predicted octanol–water partition coefficient (Wildman–Crippen LogP) is 2.39. The van der Waals surface area contributed by atoms with Crippen molar-refractivity contribution in [2.45, 2.75) is 0 Å². The molecular weight excluding hydrogens is 288 g/mol. The van der Waals surface area contributed by atoms with Crippen LogP contribution in [0.2, 0.25) is 0 Å². The number of non-ortho nitro benzene ring substituents is 1. The summed E-state index contributed by atoms with van der Waals surface area (Å²) in [6.07, 6.45) is 1.41. The number of nitrogens with one attached hydrogen (secondary N) is 1. The summed E-state index contributed by atoms with van der Waals surface area (Å²) in [6.45, 7) is 0. The summed E-state index contributed by atoms with van der Waals surface area (Å²) in [5.41, 5.74) is 7.65. The van der Waals surface area contributed by atoms with Crippen LogP contribution in [0.15, 0.2) is 53.6 Å². The van der Waals surface area contributed by atoms with E-state index in [0.29, 0.717) is 17.1 Å². The number of primary amides is 1. The molecule has 0 atom stereocenters. The SMILES string of the molecule is NC(=O)NN=Cc1cccc(Oc2ccc([N+](=O)[O-])cc2)c1. The number of nitro groups is 1. The van der Waals surface area contributed by atoms with Crippen LogP contribution in [-0.4, -0.2) is 17.2 Å². The van der Waals surface area contributed by atoms with E-state index in [1.54, 1.807) is 24.3 Å². The molecule has 0 aliphatic carbocycles. The van der Waals surface area contributed by atoms with E-state index in [1.165, 1.54) is 30.5 Å². The van der Waals surface area contributed by atoms with Gasteiger partial charge in [0.05, 0.1) is 11.1 Å². The van der Waals surface area contributed by atoms with E-state index in [1.807, 2.05) is 0 Å². The molecule has 0 aliphatic rings. The number of hydrazone groups is 1. The Balaban J connectivity index is 2.08. The van der Waals surface area contributed by atoms with Gasteiger partial charge in [-0.05, 0) is 29.8 Å². The summed E-state index contributed by atoms with van der Waals surface area (Å²) < 4.78 is 5.58. The van der Waals surface area contributed by atoms with Crippen molar-refractivity contribution in [1.29, 1.82) is 0 Å². The molecule has 0 heterocycles. The Bertz CT molecular complexity index is 713. The molecule has 0 saturated heterocycles. The van der Waals surface area contributed by atoms with Gasteiger partial charge in [0.25, 0.3) is 5.69 Å². The second kappa shape index (κ2) is 6.84. The lowest BCUT2D eigenvalue weighted by atomic mass is 10.2. The van der Waals surface area contributed by atoms with E-state index in [0.717, 1.165) is 0 Å². The molecule has 0 saturated carbocycles. The molecule has 22 heavy (non-hydrogen) atoms. The third kappa shape index (κ3) is 4.30. The number of nitrogens with zero attached hydrogens (tertiary/aromatic N) is 2. The van der Waals surface area contributed by atoms with Crippen LogP contribution in [0.4, 0.5) is 10.5 Å². The van der Waals surface area contributed by atoms with Gasteiger partial charge in [0.2, 0.25) is 0 Å². The number of nitro benzene ring substituents is 1. The molecule has 0 fully saturated rings. The molecule has 8 nitrogen and oxygen atoms in total. The van der Waals surface area contributed by atoms with Gasteiger partial charge in [-0.15, -0.1) is 0 Å². The van der Waals surface area contributed by atoms with Gasteiger partial charge in [-0.3, -0.25) is 10.1 Å². The Labute approximate surface area is 125 Å². The molecule has 3 N–H and O–H groups in total. The van der Waals surface area contributed by atoms with E-state index < -0.39 is 11.0 Å². The molecule has 0 bridgehead atoms. The van der Waals surface area contributed by atoms with Crippen LogP contribution < -0.4 is 15.9 Å². The van der Waals surface area contributed by atoms with Crippen LogP contribution in [0.1, 0.15) is 5.56 Å². The topological polar surface area (TPSA) is 120 Å². The second-order valence-corrected chi connectivity index (χ2v) is 4.16. The van der Waals surface area contributed by atoms with E-state index >= 15 is 0 Å². The minimum absolute atomic E-state index is 0.00856. The highest BCUT2D eigenvalue weighted by Gasteiger charge is 2.05. The minimum atomic E-state index is -0.755. The number of benzene rings is 2. The molecule has 0 spiro atoms. The highest BCUT2D eigenvalue weighted by Crippen LogP contribution is 2.24. The number of urea groups is 1. The van der Waals surface area contributed by atoms with Gasteiger partial charge in [-0.25, -0.2) is 10.2 Å². The van der Waals surface area contributed by atoms with Gasteiger partial charge < -0.3 is 10.5 Å². The molecule has 2 amide bonds. The Kier molecular flexibility index (Phi) is 4.66. The van der Waals surface area contributed by atoms with E-state index in [2.05, 4.69) is 10.5 Å². The first-order valence-corrected chi connectivity index (χ1v) is 6.15. The normalized spacial score (nSPS) is 10.4. The zero-order valence-electron chi connectivity index (χ0n) is 11.3. The van der Waals surface area contributed by atoms with E-state index in [-0.39, 0.29) is 5.69 Å². The van der Waals surface area contributed by atoms with Crippen LogP contribution in [0.3, 0.4) is 0 Å². The standard InChI is InChI=1S/C14H12N4O4/c15-14(19)17-16-9-10-2-1-3-13(8-10)22-12-6-4-11(5-7-12)18(20)21/h1-9H,(H3,15,17,19). The van der Waals surface area contributed by atoms with Crippen LogP contribution in [0.25, 0.3) is 0 Å². The molecular formula is C14H12N4O4. The molecule has 0 unspecified atom stereocenters. The summed E-state index contributed by atoms with van der Waals surface area (Å²) in [6, 6.07) is 11.9. The lowest BCUT2D eigenvalue weighted by Gasteiger charge is -2.05. The van der Waals surface area contributed by atoms with Crippen molar-refractivity contribution in [3.05, 3.63) is 64.2 Å². The summed E-state index contributed by atoms with van der Waals surface area (Å²) in [4.78, 5) is 20.6. The van der Waals surface area contributed by atoms with Crippen LogP contribution >= 0.6 is 0 Å². The summed E-state index contributed by atoms with van der Waals surface area (Å²) >= 11 is 0. The molecule has 0 aromatic heterocycles. The molecule has 2 rings (SSSR count). The smallest absolute Gasteiger partial charge is 0.332 e. The Morgan fingerprint density at radius 3 is 2.59 bits per heavy atom. The number of hydrogen-bond acceptors (Lipinski definition) is 5. The van der Waals surface area contributed by atoms with Crippen LogP contribution in [0, 0.1) is 10.1 Å². The van der Waals surface area contributed by atoms with Gasteiger partial charge in [0, 0.05) is 12.1 Å². The van der Waals surface area contributed by atoms with Gasteiger partial charge in [-0.1, -0.05) is 12.1 Å². The fourth-order valence-electron chi connectivity index (χ4n) is 1.60. The Morgan fingerprint density at radius 2 is 1.95 bits per heavy atom. The van der Waals surface area contributed by atoms with Crippen molar-refractivity contribution < 1.29 is 14.5 Å². The average molecular weight is 300 g/mol. The first kappa shape index (κ1) is 15.0. The quantitative estimate of drug-likeness (QED) is 0.500. The van der Waals surface area contributed by atoms with Crippen molar-refractivity contribution >= 4 is 17.9 Å². The number of hydrogen-bond donors (Lipinski definition) is 2. The molecule has 8 heteroatoms. The van der Waals surface area contributed by atoms with Crippen molar-refractivity contribution in [1.82, 2.24) is 5.43 Å². The van der Waals surface area contributed by atoms with Crippen molar-refractivity contribution in [3.63, 3.8) is 0 Å². The highest BCUT2D eigenvalue weighted by atomic mass is 16.6. The largest absolute Gasteiger partial charge is 0.457 e. The zero-order valence-corrected chi connectivity index (χ0v) is 11.3. The molecule has 2 aromatic rings. The molecule has 0 aliphatic heterocycles. The zero-order chi connectivity index (χ0) is 15.9. The molecule has 2 aromatic carbocycles. The van der Waals surface area contributed by atoms with Crippen molar-refractivity contribution in [2.24, 2.45) is 10.8 Å². The third-order valence-corrected chi connectivity index (χ3v) is 2.53. The maximum absolute atomic E-state index is 10.6. The Morgan fingerprint density at radius 1 is 1.23 bits per heavy atom. The highest BCUT2D eigenvalue weighted by molar-refractivity contribution is 5.81. The van der Waals surface area contributed by atoms with Gasteiger partial charge >= 0.3 is 6.03 Å². The second-order valence-electron chi connectivity index (χ2n) is 4.16. The van der Waals surface area contributed by atoms with E-state index in [4.69, 9.17) is 10.5 Å².